The lowest BCUT2D eigenvalue weighted by atomic mass is 9.36. The summed E-state index contributed by atoms with van der Waals surface area (Å²) in [6.45, 7) is 23.1. The first-order valence-electron chi connectivity index (χ1n) is 22.4. The fourth-order valence-corrected chi connectivity index (χ4v) is 13.5. The molecule has 9 nitrogen and oxygen atoms in total. The lowest BCUT2D eigenvalue weighted by Gasteiger charge is -2.68. The number of ether oxygens (including phenoxy) is 1. The number of likely N-dealkylation sites (N-methyl/N-ethyl adjacent to an activating group) is 1. The first-order chi connectivity index (χ1) is 28.2. The summed E-state index contributed by atoms with van der Waals surface area (Å²) in [7, 11) is 1.93. The Morgan fingerprint density at radius 2 is 1.59 bits per heavy atom. The van der Waals surface area contributed by atoms with Crippen LogP contribution < -0.4 is 22.7 Å². The number of nitrogens with one attached hydrogen (secondary N) is 2. The summed E-state index contributed by atoms with van der Waals surface area (Å²) in [5.74, 6) is 13.5. The van der Waals surface area contributed by atoms with Gasteiger partial charge in [0, 0.05) is 29.7 Å². The zero-order valence-electron chi connectivity index (χ0n) is 37.7. The van der Waals surface area contributed by atoms with Crippen LogP contribution in [0.4, 0.5) is 0 Å². The van der Waals surface area contributed by atoms with Gasteiger partial charge in [0.05, 0.1) is 6.61 Å². The van der Waals surface area contributed by atoms with Crippen molar-refractivity contribution in [3.05, 3.63) is 83.4 Å². The smallest absolute Gasteiger partial charge is 0.240 e. The van der Waals surface area contributed by atoms with Crippen LogP contribution in [-0.4, -0.2) is 44.9 Å². The largest absolute Gasteiger partial charge is 0.476 e. The van der Waals surface area contributed by atoms with Gasteiger partial charge in [0.2, 0.25) is 5.90 Å². The minimum Gasteiger partial charge on any atom is -0.476 e. The van der Waals surface area contributed by atoms with Gasteiger partial charge in [-0.1, -0.05) is 83.5 Å². The third-order valence-electron chi connectivity index (χ3n) is 15.8. The highest BCUT2D eigenvalue weighted by molar-refractivity contribution is 5.95. The molecule has 0 heterocycles. The molecule has 59 heavy (non-hydrogen) atoms. The third-order valence-corrected chi connectivity index (χ3v) is 15.8. The molecule has 0 bridgehead atoms. The van der Waals surface area contributed by atoms with E-state index >= 15 is 0 Å². The third kappa shape index (κ3) is 10.5. The van der Waals surface area contributed by atoms with Crippen molar-refractivity contribution in [2.45, 2.75) is 125 Å². The van der Waals surface area contributed by atoms with E-state index in [4.69, 9.17) is 15.9 Å². The molecule has 0 radical (unpaired) electrons. The number of carbonyl (C=O) groups excluding carboxylic acids is 1. The number of hydrogen-bond donors (Lipinski definition) is 5. The first kappa shape index (κ1) is 48.0. The number of carbonyl (C=O) groups is 1. The van der Waals surface area contributed by atoms with Crippen LogP contribution in [0.3, 0.4) is 0 Å². The molecule has 0 spiro atoms. The Balaban J connectivity index is 0.000000236. The standard InChI is InChI=1S/C27H44O.C20H25N5O.C3H6.H4N2/c1-18-9-15-27(17-28)16-10-20-19(23(18)27)7-8-22-25(20,4)14-11-21-24(2,3)12-6-13-26(21,22)5;1-23-12-10-16-4-3-5-18(14-16)20(25-24-2)26-13-11-15-6-8-17(9-7-15)19(21)22;1-3-2;1-2/h17-23H,6-16H2,1-5H3;3-9,14,23H,2,10-13H2,1H3,(H3,21,22);3H,1H2,2H3;1-2H2/b;25-20-;;. The fraction of sp³-hybridized carbons (Fsp3) is 0.640. The quantitative estimate of drug-likeness (QED) is 0.0401. The first-order valence-corrected chi connectivity index (χ1v) is 22.4. The maximum absolute atomic E-state index is 12.3. The molecule has 5 saturated carbocycles. The average Bonchev–Trinajstić information content (AvgIpc) is 3.57. The number of nitrogens with zero attached hydrogens (tertiary/aromatic N) is 2. The molecule has 0 aliphatic heterocycles. The second kappa shape index (κ2) is 21.2. The Kier molecular flexibility index (Phi) is 17.3. The molecule has 8 N–H and O–H groups in total. The Hall–Kier alpha value is -3.66. The minimum atomic E-state index is 0.0533. The summed E-state index contributed by atoms with van der Waals surface area (Å²) < 4.78 is 5.84. The molecule has 5 aliphatic carbocycles. The lowest BCUT2D eigenvalue weighted by molar-refractivity contribution is -0.196. The van der Waals surface area contributed by atoms with Crippen molar-refractivity contribution < 1.29 is 9.53 Å². The van der Waals surface area contributed by atoms with Crippen LogP contribution >= 0.6 is 0 Å². The molecule has 0 saturated heterocycles. The molecule has 2 aromatic rings. The number of nitrogens with two attached hydrogens (primary N) is 3. The van der Waals surface area contributed by atoms with E-state index in [1.807, 2.05) is 50.4 Å². The van der Waals surface area contributed by atoms with Crippen molar-refractivity contribution in [1.29, 1.82) is 5.41 Å². The van der Waals surface area contributed by atoms with E-state index in [2.05, 4.69) is 87.3 Å². The molecular weight excluding hydrogens is 731 g/mol. The molecule has 2 aromatic carbocycles. The maximum Gasteiger partial charge on any atom is 0.240 e. The average molecular weight is 810 g/mol. The van der Waals surface area contributed by atoms with Crippen molar-refractivity contribution in [1.82, 2.24) is 5.32 Å². The monoisotopic (exact) mass is 810 g/mol. The highest BCUT2D eigenvalue weighted by Gasteiger charge is 2.65. The number of hydrazine groups is 1. The normalized spacial score (nSPS) is 32.5. The van der Waals surface area contributed by atoms with Crippen LogP contribution in [0, 0.1) is 62.6 Å². The van der Waals surface area contributed by atoms with Gasteiger partial charge in [0.1, 0.15) is 12.1 Å². The van der Waals surface area contributed by atoms with Crippen molar-refractivity contribution >= 4 is 24.7 Å². The number of hydrogen-bond acceptors (Lipinski definition) is 8. The van der Waals surface area contributed by atoms with E-state index < -0.39 is 0 Å². The molecule has 5 fully saturated rings. The van der Waals surface area contributed by atoms with E-state index in [0.29, 0.717) is 46.7 Å². The molecule has 0 amide bonds. The molecule has 0 aromatic heterocycles. The van der Waals surface area contributed by atoms with E-state index in [-0.39, 0.29) is 11.3 Å². The van der Waals surface area contributed by atoms with Gasteiger partial charge in [-0.25, -0.2) is 0 Å². The van der Waals surface area contributed by atoms with Crippen LogP contribution in [0.25, 0.3) is 0 Å². The number of nitrogen functional groups attached to an aromatic ring is 1. The summed E-state index contributed by atoms with van der Waals surface area (Å²) in [4.78, 5) is 12.3. The van der Waals surface area contributed by atoms with E-state index in [0.717, 1.165) is 53.7 Å². The maximum atomic E-state index is 12.3. The van der Waals surface area contributed by atoms with Gasteiger partial charge < -0.3 is 20.6 Å². The Bertz CT molecular complexity index is 1720. The van der Waals surface area contributed by atoms with Crippen molar-refractivity contribution in [2.75, 3.05) is 20.2 Å². The summed E-state index contributed by atoms with van der Waals surface area (Å²) in [5, 5.41) is 18.2. The van der Waals surface area contributed by atoms with Crippen molar-refractivity contribution in [2.24, 2.45) is 84.8 Å². The molecule has 9 atom stereocenters. The summed E-state index contributed by atoms with van der Waals surface area (Å²) in [6.07, 6.45) is 19.9. The summed E-state index contributed by atoms with van der Waals surface area (Å²) in [5.41, 5.74) is 11.0. The second-order valence-electron chi connectivity index (χ2n) is 19.5. The molecule has 9 heteroatoms. The zero-order valence-corrected chi connectivity index (χ0v) is 37.7. The van der Waals surface area contributed by atoms with Gasteiger partial charge in [-0.3, -0.25) is 17.1 Å². The van der Waals surface area contributed by atoms with Crippen LogP contribution in [-0.2, 0) is 22.4 Å². The Morgan fingerprint density at radius 1 is 0.898 bits per heavy atom. The molecule has 326 valence electrons. The van der Waals surface area contributed by atoms with Gasteiger partial charge in [-0.2, -0.15) is 5.10 Å². The summed E-state index contributed by atoms with van der Waals surface area (Å²) in [6, 6.07) is 15.6. The van der Waals surface area contributed by atoms with E-state index in [1.165, 1.54) is 82.5 Å². The number of allylic oxidation sites excluding steroid dienone is 1. The number of benzene rings is 2. The van der Waals surface area contributed by atoms with Gasteiger partial charge >= 0.3 is 0 Å². The highest BCUT2D eigenvalue weighted by Crippen LogP contribution is 2.73. The zero-order chi connectivity index (χ0) is 43.4. The molecule has 7 rings (SSSR count). The second-order valence-corrected chi connectivity index (χ2v) is 19.5. The van der Waals surface area contributed by atoms with Gasteiger partial charge in [0.25, 0.3) is 0 Å². The lowest BCUT2D eigenvalue weighted by Crippen LogP contribution is -2.61. The van der Waals surface area contributed by atoms with Crippen LogP contribution in [0.1, 0.15) is 134 Å². The molecular formula is C50H79N7O2. The topological polar surface area (TPSA) is 165 Å². The van der Waals surface area contributed by atoms with Gasteiger partial charge in [0.15, 0.2) is 0 Å². The van der Waals surface area contributed by atoms with E-state index in [9.17, 15) is 4.79 Å². The fourth-order valence-electron chi connectivity index (χ4n) is 13.5. The predicted octanol–water partition coefficient (Wildman–Crippen LogP) is 9.65. The molecule has 9 unspecified atom stereocenters. The highest BCUT2D eigenvalue weighted by atomic mass is 16.5. The number of rotatable bonds is 10. The van der Waals surface area contributed by atoms with Crippen LogP contribution in [0.5, 0.6) is 0 Å². The van der Waals surface area contributed by atoms with Crippen LogP contribution in [0.15, 0.2) is 71.4 Å². The van der Waals surface area contributed by atoms with Gasteiger partial charge in [-0.05, 0) is 166 Å². The Labute approximate surface area is 357 Å². The minimum absolute atomic E-state index is 0.0533. The SMILES string of the molecule is C=CC.C=N/N=C(\OCCc1ccc(C(=N)N)cc1)c1cccc(CCNC)c1.CC1CCC2(C=O)CCC3C(CCC4C3(C)CCC3C(C)(C)CCCC34C)C12.NN. The number of fused-ring (bicyclic) bond motifs is 7. The van der Waals surface area contributed by atoms with Crippen molar-refractivity contribution in [3.63, 3.8) is 0 Å². The van der Waals surface area contributed by atoms with E-state index in [1.54, 1.807) is 6.08 Å². The predicted molar refractivity (Wildman–Crippen MR) is 247 cm³/mol. The van der Waals surface area contributed by atoms with Gasteiger partial charge in [-0.15, -0.1) is 11.7 Å². The van der Waals surface area contributed by atoms with Crippen molar-refractivity contribution in [3.8, 4) is 0 Å². The number of amidine groups is 1. The summed E-state index contributed by atoms with van der Waals surface area (Å²) >= 11 is 0. The molecule has 5 aliphatic rings. The van der Waals surface area contributed by atoms with Crippen LogP contribution in [0.2, 0.25) is 0 Å². The number of aldehydes is 1. The Morgan fingerprint density at radius 3 is 2.24 bits per heavy atom.